The van der Waals surface area contributed by atoms with E-state index in [0.29, 0.717) is 12.5 Å². The fourth-order valence-corrected chi connectivity index (χ4v) is 3.85. The molecule has 0 saturated carbocycles. The second kappa shape index (κ2) is 9.99. The number of hydrogen-bond donors (Lipinski definition) is 2. The van der Waals surface area contributed by atoms with Crippen LogP contribution in [-0.2, 0) is 6.54 Å². The summed E-state index contributed by atoms with van der Waals surface area (Å²) in [4.78, 5) is 11.9. The Bertz CT molecular complexity index is 511. The van der Waals surface area contributed by atoms with E-state index < -0.39 is 0 Å². The molecule has 2 heterocycles. The molecule has 2 rings (SSSR count). The second-order valence-corrected chi connectivity index (χ2v) is 7.93. The van der Waals surface area contributed by atoms with Crippen LogP contribution in [0.4, 0.5) is 0 Å². The lowest BCUT2D eigenvalue weighted by Crippen LogP contribution is -2.43. The van der Waals surface area contributed by atoms with Crippen molar-refractivity contribution in [2.45, 2.75) is 53.0 Å². The molecule has 0 radical (unpaired) electrons. The highest BCUT2D eigenvalue weighted by Gasteiger charge is 2.15. The Morgan fingerprint density at radius 3 is 2.96 bits per heavy atom. The number of rotatable bonds is 7. The van der Waals surface area contributed by atoms with Gasteiger partial charge in [-0.3, -0.25) is 0 Å². The topological polar surface area (TPSA) is 52.6 Å². The van der Waals surface area contributed by atoms with Crippen molar-refractivity contribution in [2.75, 3.05) is 32.7 Å². The van der Waals surface area contributed by atoms with Gasteiger partial charge in [0.05, 0.1) is 12.2 Å². The minimum Gasteiger partial charge on any atom is -0.357 e. The standard InChI is InChI=1S/C18H33N5S/c1-5-19-18(20-8-10-23-9-6-7-15(4)12-23)21-11-17-22-16(13-24-17)14(2)3/h13-15H,5-12H2,1-4H3,(H2,19,20,21). The zero-order valence-corrected chi connectivity index (χ0v) is 16.5. The van der Waals surface area contributed by atoms with Crippen LogP contribution in [0.15, 0.2) is 10.4 Å². The van der Waals surface area contributed by atoms with Crippen LogP contribution in [0.2, 0.25) is 0 Å². The smallest absolute Gasteiger partial charge is 0.191 e. The van der Waals surface area contributed by atoms with Crippen LogP contribution >= 0.6 is 11.3 Å². The molecule has 0 aromatic carbocycles. The summed E-state index contributed by atoms with van der Waals surface area (Å²) in [5.74, 6) is 2.21. The Morgan fingerprint density at radius 2 is 2.29 bits per heavy atom. The minimum absolute atomic E-state index is 0.484. The highest BCUT2D eigenvalue weighted by atomic mass is 32.1. The van der Waals surface area contributed by atoms with Gasteiger partial charge in [0.2, 0.25) is 0 Å². The number of aromatic nitrogens is 1. The zero-order valence-electron chi connectivity index (χ0n) is 15.6. The average Bonchev–Trinajstić information content (AvgIpc) is 3.02. The van der Waals surface area contributed by atoms with Crippen LogP contribution in [-0.4, -0.2) is 48.6 Å². The molecule has 1 saturated heterocycles. The largest absolute Gasteiger partial charge is 0.357 e. The quantitative estimate of drug-likeness (QED) is 0.586. The van der Waals surface area contributed by atoms with Crippen LogP contribution in [0.5, 0.6) is 0 Å². The lowest BCUT2D eigenvalue weighted by atomic mass is 10.0. The van der Waals surface area contributed by atoms with Gasteiger partial charge in [0.15, 0.2) is 5.96 Å². The van der Waals surface area contributed by atoms with E-state index in [2.05, 4.69) is 58.6 Å². The molecular formula is C18H33N5S. The van der Waals surface area contributed by atoms with Gasteiger partial charge in [-0.1, -0.05) is 20.8 Å². The Labute approximate surface area is 151 Å². The Kier molecular flexibility index (Phi) is 7.99. The second-order valence-electron chi connectivity index (χ2n) is 6.99. The van der Waals surface area contributed by atoms with E-state index in [-0.39, 0.29) is 0 Å². The summed E-state index contributed by atoms with van der Waals surface area (Å²) in [6, 6.07) is 0. The van der Waals surface area contributed by atoms with E-state index >= 15 is 0 Å². The van der Waals surface area contributed by atoms with E-state index in [1.165, 1.54) is 31.6 Å². The first-order valence-corrected chi connectivity index (χ1v) is 10.1. The van der Waals surface area contributed by atoms with Gasteiger partial charge >= 0.3 is 0 Å². The first kappa shape index (κ1) is 19.2. The fraction of sp³-hybridized carbons (Fsp3) is 0.778. The summed E-state index contributed by atoms with van der Waals surface area (Å²) < 4.78 is 0. The fourth-order valence-electron chi connectivity index (χ4n) is 2.97. The average molecular weight is 352 g/mol. The summed E-state index contributed by atoms with van der Waals surface area (Å²) in [5.41, 5.74) is 1.17. The summed E-state index contributed by atoms with van der Waals surface area (Å²) >= 11 is 1.70. The molecule has 5 nitrogen and oxygen atoms in total. The van der Waals surface area contributed by atoms with Gasteiger partial charge in [-0.2, -0.15) is 0 Å². The van der Waals surface area contributed by atoms with E-state index in [1.807, 2.05) is 0 Å². The molecule has 1 unspecified atom stereocenters. The molecule has 2 N–H and O–H groups in total. The van der Waals surface area contributed by atoms with Crippen LogP contribution in [0.25, 0.3) is 0 Å². The third kappa shape index (κ3) is 6.40. The summed E-state index contributed by atoms with van der Waals surface area (Å²) in [7, 11) is 0. The third-order valence-electron chi connectivity index (χ3n) is 4.34. The molecule has 1 aromatic heterocycles. The maximum Gasteiger partial charge on any atom is 0.191 e. The summed E-state index contributed by atoms with van der Waals surface area (Å²) in [6.45, 7) is 14.8. The predicted molar refractivity (Wildman–Crippen MR) is 104 cm³/mol. The highest BCUT2D eigenvalue weighted by molar-refractivity contribution is 7.09. The molecule has 0 spiro atoms. The van der Waals surface area contributed by atoms with Crippen molar-refractivity contribution in [3.8, 4) is 0 Å². The number of piperidine rings is 1. The minimum atomic E-state index is 0.484. The van der Waals surface area contributed by atoms with Crippen LogP contribution in [0, 0.1) is 5.92 Å². The van der Waals surface area contributed by atoms with Crippen molar-refractivity contribution in [2.24, 2.45) is 10.9 Å². The van der Waals surface area contributed by atoms with Crippen molar-refractivity contribution in [3.63, 3.8) is 0 Å². The summed E-state index contributed by atoms with van der Waals surface area (Å²) in [5, 5.41) is 10.0. The zero-order chi connectivity index (χ0) is 17.4. The van der Waals surface area contributed by atoms with Crippen LogP contribution < -0.4 is 10.6 Å². The molecule has 1 aliphatic heterocycles. The maximum absolute atomic E-state index is 4.68. The Balaban J connectivity index is 1.79. The van der Waals surface area contributed by atoms with Crippen molar-refractivity contribution < 1.29 is 0 Å². The molecule has 1 aliphatic rings. The maximum atomic E-state index is 4.68. The van der Waals surface area contributed by atoms with E-state index in [1.54, 1.807) is 11.3 Å². The Hall–Kier alpha value is -1.14. The molecule has 6 heteroatoms. The predicted octanol–water partition coefficient (Wildman–Crippen LogP) is 3.05. The SMILES string of the molecule is CCNC(=NCc1nc(C(C)C)cs1)NCCN1CCCC(C)C1. The number of nitrogens with one attached hydrogen (secondary N) is 2. The lowest BCUT2D eigenvalue weighted by Gasteiger charge is -2.30. The monoisotopic (exact) mass is 351 g/mol. The number of aliphatic imine (C=N–C) groups is 1. The molecule has 0 amide bonds. The molecule has 136 valence electrons. The first-order valence-electron chi connectivity index (χ1n) is 9.27. The Morgan fingerprint density at radius 1 is 1.46 bits per heavy atom. The number of thiazole rings is 1. The molecule has 24 heavy (non-hydrogen) atoms. The van der Waals surface area contributed by atoms with Crippen molar-refractivity contribution in [3.05, 3.63) is 16.1 Å². The van der Waals surface area contributed by atoms with Gasteiger partial charge in [0.25, 0.3) is 0 Å². The van der Waals surface area contributed by atoms with Gasteiger partial charge in [-0.15, -0.1) is 11.3 Å². The van der Waals surface area contributed by atoms with E-state index in [0.717, 1.165) is 36.5 Å². The molecule has 0 aliphatic carbocycles. The first-order chi connectivity index (χ1) is 11.6. The van der Waals surface area contributed by atoms with Gasteiger partial charge in [0.1, 0.15) is 5.01 Å². The van der Waals surface area contributed by atoms with Crippen molar-refractivity contribution in [1.82, 2.24) is 20.5 Å². The number of hydrogen-bond acceptors (Lipinski definition) is 4. The molecule has 0 bridgehead atoms. The highest BCUT2D eigenvalue weighted by Crippen LogP contribution is 2.18. The molecular weight excluding hydrogens is 318 g/mol. The summed E-state index contributed by atoms with van der Waals surface area (Å²) in [6.07, 6.45) is 2.71. The molecule has 1 aromatic rings. The number of nitrogens with zero attached hydrogens (tertiary/aromatic N) is 3. The van der Waals surface area contributed by atoms with Crippen molar-refractivity contribution in [1.29, 1.82) is 0 Å². The third-order valence-corrected chi connectivity index (χ3v) is 5.19. The molecule has 1 fully saturated rings. The lowest BCUT2D eigenvalue weighted by molar-refractivity contribution is 0.187. The van der Waals surface area contributed by atoms with Gasteiger partial charge in [-0.25, -0.2) is 9.98 Å². The van der Waals surface area contributed by atoms with E-state index in [9.17, 15) is 0 Å². The van der Waals surface area contributed by atoms with Gasteiger partial charge < -0.3 is 15.5 Å². The van der Waals surface area contributed by atoms with Crippen LogP contribution in [0.1, 0.15) is 57.2 Å². The van der Waals surface area contributed by atoms with Gasteiger partial charge in [0, 0.05) is 31.6 Å². The number of guanidine groups is 1. The normalized spacial score (nSPS) is 19.7. The number of likely N-dealkylation sites (tertiary alicyclic amines) is 1. The van der Waals surface area contributed by atoms with Crippen LogP contribution in [0.3, 0.4) is 0 Å². The van der Waals surface area contributed by atoms with E-state index in [4.69, 9.17) is 0 Å². The van der Waals surface area contributed by atoms with Crippen molar-refractivity contribution >= 4 is 17.3 Å². The van der Waals surface area contributed by atoms with Gasteiger partial charge in [-0.05, 0) is 38.1 Å². The molecule has 1 atom stereocenters.